The number of hydrogen-bond donors (Lipinski definition) is 1. The highest BCUT2D eigenvalue weighted by Gasteiger charge is 2.06. The largest absolute Gasteiger partial charge is 0.465 e. The molecule has 0 amide bonds. The molecule has 6 nitrogen and oxygen atoms in total. The van der Waals surface area contributed by atoms with Crippen LogP contribution >= 0.6 is 0 Å². The van der Waals surface area contributed by atoms with Gasteiger partial charge >= 0.3 is 5.97 Å². The Labute approximate surface area is 137 Å². The second kappa shape index (κ2) is 6.78. The Kier molecular flexibility index (Phi) is 4.38. The van der Waals surface area contributed by atoms with Gasteiger partial charge in [-0.3, -0.25) is 4.79 Å². The van der Waals surface area contributed by atoms with Crippen molar-refractivity contribution in [1.29, 1.82) is 0 Å². The number of aryl methyl sites for hydroxylation is 1. The minimum atomic E-state index is -0.533. The van der Waals surface area contributed by atoms with Crippen LogP contribution in [0.15, 0.2) is 64.0 Å². The second-order valence-corrected chi connectivity index (χ2v) is 5.03. The summed E-state index contributed by atoms with van der Waals surface area (Å²) in [4.78, 5) is 30.3. The summed E-state index contributed by atoms with van der Waals surface area (Å²) in [5, 5.41) is 0. The van der Waals surface area contributed by atoms with E-state index in [2.05, 4.69) is 9.97 Å². The highest BCUT2D eigenvalue weighted by atomic mass is 16.5. The van der Waals surface area contributed by atoms with Crippen LogP contribution < -0.4 is 10.3 Å². The molecule has 0 bridgehead atoms. The Morgan fingerprint density at radius 2 is 2.12 bits per heavy atom. The van der Waals surface area contributed by atoms with Crippen LogP contribution in [-0.2, 0) is 4.79 Å². The first-order chi connectivity index (χ1) is 11.6. The van der Waals surface area contributed by atoms with E-state index < -0.39 is 5.97 Å². The Morgan fingerprint density at radius 1 is 1.25 bits per heavy atom. The lowest BCUT2D eigenvalue weighted by Gasteiger charge is -2.05. The van der Waals surface area contributed by atoms with Gasteiger partial charge in [-0.25, -0.2) is 9.78 Å². The van der Waals surface area contributed by atoms with Crippen LogP contribution in [0.3, 0.4) is 0 Å². The number of H-pyrrole nitrogens is 1. The maximum Gasteiger partial charge on any atom is 0.336 e. The van der Waals surface area contributed by atoms with E-state index in [1.165, 1.54) is 24.5 Å². The normalized spacial score (nSPS) is 10.9. The molecule has 0 spiro atoms. The molecule has 0 aliphatic carbocycles. The number of nitrogens with zero attached hydrogens (tertiary/aromatic N) is 1. The number of aromatic nitrogens is 2. The van der Waals surface area contributed by atoms with Gasteiger partial charge in [0.05, 0.1) is 6.26 Å². The third-order valence-corrected chi connectivity index (χ3v) is 3.12. The topological polar surface area (TPSA) is 85.2 Å². The molecule has 2 heterocycles. The van der Waals surface area contributed by atoms with Crippen LogP contribution in [0, 0.1) is 6.92 Å². The molecule has 1 N–H and O–H groups in total. The lowest BCUT2D eigenvalue weighted by atomic mass is 10.2. The summed E-state index contributed by atoms with van der Waals surface area (Å²) < 4.78 is 10.3. The molecule has 3 rings (SSSR count). The van der Waals surface area contributed by atoms with Crippen molar-refractivity contribution >= 4 is 12.0 Å². The number of esters is 1. The van der Waals surface area contributed by atoms with Gasteiger partial charge in [0.2, 0.25) is 0 Å². The van der Waals surface area contributed by atoms with Crippen LogP contribution in [0.1, 0.15) is 11.5 Å². The van der Waals surface area contributed by atoms with Gasteiger partial charge in [-0.05, 0) is 37.3 Å². The van der Waals surface area contributed by atoms with Crippen molar-refractivity contribution in [3.8, 4) is 17.1 Å². The lowest BCUT2D eigenvalue weighted by molar-refractivity contribution is -0.128. The number of nitrogens with one attached hydrogen (secondary N) is 1. The van der Waals surface area contributed by atoms with Gasteiger partial charge in [0.15, 0.2) is 0 Å². The number of ether oxygens (including phenoxy) is 1. The van der Waals surface area contributed by atoms with Crippen molar-refractivity contribution in [3.05, 3.63) is 76.6 Å². The zero-order valence-electron chi connectivity index (χ0n) is 12.9. The first-order valence-electron chi connectivity index (χ1n) is 7.22. The lowest BCUT2D eigenvalue weighted by Crippen LogP contribution is -2.09. The van der Waals surface area contributed by atoms with Crippen molar-refractivity contribution in [2.75, 3.05) is 0 Å². The van der Waals surface area contributed by atoms with Gasteiger partial charge in [0, 0.05) is 23.4 Å². The fraction of sp³-hybridized carbons (Fsp3) is 0.0556. The molecule has 0 atom stereocenters. The summed E-state index contributed by atoms with van der Waals surface area (Å²) in [6, 6.07) is 11.6. The molecule has 3 aromatic rings. The fourth-order valence-electron chi connectivity index (χ4n) is 2.11. The SMILES string of the molecule is Cc1cc(=O)[nH]c(-c2cccc(OC(=O)C=Cc3ccco3)c2)n1. The van der Waals surface area contributed by atoms with Crippen molar-refractivity contribution < 1.29 is 13.9 Å². The van der Waals surface area contributed by atoms with Gasteiger partial charge in [-0.15, -0.1) is 0 Å². The molecule has 120 valence electrons. The Morgan fingerprint density at radius 3 is 2.88 bits per heavy atom. The average Bonchev–Trinajstić information content (AvgIpc) is 3.06. The summed E-state index contributed by atoms with van der Waals surface area (Å²) in [7, 11) is 0. The molecular weight excluding hydrogens is 308 g/mol. The summed E-state index contributed by atoms with van der Waals surface area (Å²) in [5.41, 5.74) is 1.02. The summed E-state index contributed by atoms with van der Waals surface area (Å²) >= 11 is 0. The first kappa shape index (κ1) is 15.5. The molecule has 0 aliphatic rings. The predicted molar refractivity (Wildman–Crippen MR) is 88.4 cm³/mol. The number of benzene rings is 1. The Balaban J connectivity index is 1.78. The summed E-state index contributed by atoms with van der Waals surface area (Å²) in [6.45, 7) is 1.74. The summed E-state index contributed by atoms with van der Waals surface area (Å²) in [6.07, 6.45) is 4.31. The van der Waals surface area contributed by atoms with Crippen molar-refractivity contribution in [1.82, 2.24) is 9.97 Å². The van der Waals surface area contributed by atoms with Gasteiger partial charge in [0.25, 0.3) is 5.56 Å². The van der Waals surface area contributed by atoms with Gasteiger partial charge in [-0.1, -0.05) is 12.1 Å². The van der Waals surface area contributed by atoms with Crippen LogP contribution in [-0.4, -0.2) is 15.9 Å². The minimum Gasteiger partial charge on any atom is -0.465 e. The highest BCUT2D eigenvalue weighted by molar-refractivity contribution is 5.88. The van der Waals surface area contributed by atoms with E-state index in [-0.39, 0.29) is 5.56 Å². The maximum atomic E-state index is 11.8. The number of aromatic amines is 1. The first-order valence-corrected chi connectivity index (χ1v) is 7.22. The van der Waals surface area contributed by atoms with Gasteiger partial charge in [-0.2, -0.15) is 0 Å². The zero-order chi connectivity index (χ0) is 16.9. The molecule has 0 radical (unpaired) electrons. The molecule has 0 saturated heterocycles. The molecule has 0 aliphatic heterocycles. The number of hydrogen-bond acceptors (Lipinski definition) is 5. The molecule has 0 unspecified atom stereocenters. The number of furan rings is 1. The van der Waals surface area contributed by atoms with Crippen LogP contribution in [0.5, 0.6) is 5.75 Å². The Hall–Kier alpha value is -3.41. The quantitative estimate of drug-likeness (QED) is 0.453. The van der Waals surface area contributed by atoms with E-state index in [0.717, 1.165) is 0 Å². The van der Waals surface area contributed by atoms with Crippen LogP contribution in [0.2, 0.25) is 0 Å². The molecule has 24 heavy (non-hydrogen) atoms. The minimum absolute atomic E-state index is 0.235. The average molecular weight is 322 g/mol. The number of carbonyl (C=O) groups excluding carboxylic acids is 1. The van der Waals surface area contributed by atoms with Crippen molar-refractivity contribution in [2.45, 2.75) is 6.92 Å². The molecule has 1 aromatic carbocycles. The maximum absolute atomic E-state index is 11.8. The van der Waals surface area contributed by atoms with Crippen molar-refractivity contribution in [3.63, 3.8) is 0 Å². The van der Waals surface area contributed by atoms with Gasteiger partial charge in [0.1, 0.15) is 17.3 Å². The fourth-order valence-corrected chi connectivity index (χ4v) is 2.11. The standard InChI is InChI=1S/C18H14N2O4/c1-12-10-16(21)20-18(19-12)13-4-2-5-15(11-13)24-17(22)8-7-14-6-3-9-23-14/h2-11H,1H3,(H,19,20,21). The van der Waals surface area contributed by atoms with E-state index in [4.69, 9.17) is 9.15 Å². The van der Waals surface area contributed by atoms with Crippen molar-refractivity contribution in [2.24, 2.45) is 0 Å². The monoisotopic (exact) mass is 322 g/mol. The number of rotatable bonds is 4. The third-order valence-electron chi connectivity index (χ3n) is 3.12. The van der Waals surface area contributed by atoms with E-state index >= 15 is 0 Å². The van der Waals surface area contributed by atoms with E-state index in [1.807, 2.05) is 0 Å². The molecular formula is C18H14N2O4. The second-order valence-electron chi connectivity index (χ2n) is 5.03. The smallest absolute Gasteiger partial charge is 0.336 e. The number of carbonyl (C=O) groups is 1. The molecule has 0 saturated carbocycles. The highest BCUT2D eigenvalue weighted by Crippen LogP contribution is 2.20. The van der Waals surface area contributed by atoms with Crippen LogP contribution in [0.25, 0.3) is 17.5 Å². The molecule has 2 aromatic heterocycles. The summed E-state index contributed by atoms with van der Waals surface area (Å²) in [5.74, 6) is 0.797. The molecule has 6 heteroatoms. The zero-order valence-corrected chi connectivity index (χ0v) is 12.9. The predicted octanol–water partition coefficient (Wildman–Crippen LogP) is 2.96. The van der Waals surface area contributed by atoms with E-state index in [0.29, 0.717) is 28.6 Å². The Bertz CT molecular complexity index is 940. The van der Waals surface area contributed by atoms with Crippen LogP contribution in [0.4, 0.5) is 0 Å². The van der Waals surface area contributed by atoms with E-state index in [9.17, 15) is 9.59 Å². The van der Waals surface area contributed by atoms with E-state index in [1.54, 1.807) is 43.3 Å². The third kappa shape index (κ3) is 3.86. The van der Waals surface area contributed by atoms with Gasteiger partial charge < -0.3 is 14.1 Å². The molecule has 0 fully saturated rings.